The highest BCUT2D eigenvalue weighted by Crippen LogP contribution is 2.40. The van der Waals surface area contributed by atoms with E-state index in [2.05, 4.69) is 4.98 Å². The predicted octanol–water partition coefficient (Wildman–Crippen LogP) is 3.39. The molecule has 0 radical (unpaired) electrons. The minimum Gasteiger partial charge on any atom is -0.309 e. The summed E-state index contributed by atoms with van der Waals surface area (Å²) in [5, 5.41) is 0. The lowest BCUT2D eigenvalue weighted by atomic mass is 10.1. The van der Waals surface area contributed by atoms with Gasteiger partial charge in [-0.3, -0.25) is 4.79 Å². The highest BCUT2D eigenvalue weighted by Gasteiger charge is 2.48. The lowest BCUT2D eigenvalue weighted by molar-refractivity contribution is -0.173. The molecule has 0 aliphatic rings. The zero-order valence-electron chi connectivity index (χ0n) is 15.9. The molecule has 0 saturated heterocycles. The third-order valence-electron chi connectivity index (χ3n) is 4.65. The van der Waals surface area contributed by atoms with E-state index in [4.69, 9.17) is 0 Å². The maximum atomic E-state index is 13.9. The number of hydrogen-bond donors (Lipinski definition) is 0. The smallest absolute Gasteiger partial charge is 0.309 e. The van der Waals surface area contributed by atoms with Crippen LogP contribution in [0.3, 0.4) is 0 Å². The number of sulfonamides is 1. The van der Waals surface area contributed by atoms with Gasteiger partial charge in [0, 0.05) is 13.6 Å². The normalized spacial score (nSPS) is 13.7. The topological polar surface area (TPSA) is 72.3 Å². The Bertz CT molecular complexity index is 1240. The lowest BCUT2D eigenvalue weighted by Crippen LogP contribution is -2.42. The van der Waals surface area contributed by atoms with E-state index in [1.165, 1.54) is 24.6 Å². The van der Waals surface area contributed by atoms with Crippen LogP contribution >= 0.6 is 0 Å². The number of halogens is 4. The van der Waals surface area contributed by atoms with Gasteiger partial charge in [-0.1, -0.05) is 19.1 Å². The van der Waals surface area contributed by atoms with E-state index in [-0.39, 0.29) is 5.52 Å². The van der Waals surface area contributed by atoms with Crippen molar-refractivity contribution in [2.24, 2.45) is 7.05 Å². The summed E-state index contributed by atoms with van der Waals surface area (Å²) in [6.45, 7) is 0.797. The van der Waals surface area contributed by atoms with Crippen LogP contribution in [0.4, 0.5) is 17.6 Å². The van der Waals surface area contributed by atoms with Crippen molar-refractivity contribution in [3.63, 3.8) is 0 Å². The first-order chi connectivity index (χ1) is 14.0. The molecule has 0 saturated carbocycles. The molecule has 1 unspecified atom stereocenters. The summed E-state index contributed by atoms with van der Waals surface area (Å²) in [5.74, 6) is -0.739. The average Bonchev–Trinajstić information content (AvgIpc) is 2.68. The Hall–Kier alpha value is -2.79. The maximum absolute atomic E-state index is 13.9. The van der Waals surface area contributed by atoms with E-state index in [1.54, 1.807) is 0 Å². The molecule has 0 amide bonds. The number of rotatable bonds is 5. The van der Waals surface area contributed by atoms with Crippen LogP contribution in [0.5, 0.6) is 0 Å². The van der Waals surface area contributed by atoms with Crippen molar-refractivity contribution in [1.82, 2.24) is 13.9 Å². The van der Waals surface area contributed by atoms with Crippen molar-refractivity contribution in [2.45, 2.75) is 24.0 Å². The SMILES string of the molecule is CCN(C(c1ccc(F)cc1)C(F)(F)F)S(=O)(=O)c1ccc2c(c1)ncc(=O)n2C. The molecule has 0 aliphatic carbocycles. The van der Waals surface area contributed by atoms with Gasteiger partial charge >= 0.3 is 6.18 Å². The summed E-state index contributed by atoms with van der Waals surface area (Å²) >= 11 is 0. The average molecular weight is 443 g/mol. The largest absolute Gasteiger partial charge is 0.409 e. The quantitative estimate of drug-likeness (QED) is 0.567. The van der Waals surface area contributed by atoms with Gasteiger partial charge < -0.3 is 4.57 Å². The number of alkyl halides is 3. The zero-order valence-corrected chi connectivity index (χ0v) is 16.7. The Labute approximate surface area is 169 Å². The second-order valence-electron chi connectivity index (χ2n) is 6.51. The Morgan fingerprint density at radius 2 is 1.77 bits per heavy atom. The van der Waals surface area contributed by atoms with E-state index in [1.807, 2.05) is 0 Å². The zero-order chi connectivity index (χ0) is 22.3. The van der Waals surface area contributed by atoms with Crippen LogP contribution in [0.15, 0.2) is 58.4 Å². The minimum atomic E-state index is -4.94. The molecule has 2 aromatic carbocycles. The number of aromatic nitrogens is 2. The predicted molar refractivity (Wildman–Crippen MR) is 102 cm³/mol. The van der Waals surface area contributed by atoms with Crippen LogP contribution in [-0.4, -0.2) is 35.0 Å². The molecular formula is C19H17F4N3O3S. The van der Waals surface area contributed by atoms with E-state index >= 15 is 0 Å². The molecule has 11 heteroatoms. The fraction of sp³-hybridized carbons (Fsp3) is 0.263. The lowest BCUT2D eigenvalue weighted by Gasteiger charge is -2.31. The molecule has 1 aromatic heterocycles. The van der Waals surface area contributed by atoms with E-state index < -0.39 is 50.6 Å². The van der Waals surface area contributed by atoms with Gasteiger partial charge in [-0.2, -0.15) is 17.5 Å². The molecule has 30 heavy (non-hydrogen) atoms. The Morgan fingerprint density at radius 1 is 1.13 bits per heavy atom. The van der Waals surface area contributed by atoms with Gasteiger partial charge in [0.1, 0.15) is 11.9 Å². The van der Waals surface area contributed by atoms with Gasteiger partial charge in [0.2, 0.25) is 10.0 Å². The molecule has 6 nitrogen and oxygen atoms in total. The van der Waals surface area contributed by atoms with Crippen LogP contribution in [-0.2, 0) is 17.1 Å². The Morgan fingerprint density at radius 3 is 2.33 bits per heavy atom. The molecule has 3 rings (SSSR count). The first kappa shape index (κ1) is 21.9. The summed E-state index contributed by atoms with van der Waals surface area (Å²) < 4.78 is 82.7. The number of aryl methyl sites for hydroxylation is 1. The van der Waals surface area contributed by atoms with Gasteiger partial charge in [0.15, 0.2) is 0 Å². The second-order valence-corrected chi connectivity index (χ2v) is 8.40. The monoisotopic (exact) mass is 443 g/mol. The third-order valence-corrected chi connectivity index (χ3v) is 6.59. The van der Waals surface area contributed by atoms with Crippen LogP contribution in [0.25, 0.3) is 11.0 Å². The molecule has 0 N–H and O–H groups in total. The van der Waals surface area contributed by atoms with Crippen molar-refractivity contribution < 1.29 is 26.0 Å². The number of benzene rings is 2. The first-order valence-corrected chi connectivity index (χ1v) is 10.2. The van der Waals surface area contributed by atoms with Gasteiger partial charge in [0.05, 0.1) is 22.1 Å². The maximum Gasteiger partial charge on any atom is 0.409 e. The van der Waals surface area contributed by atoms with Gasteiger partial charge in [-0.25, -0.2) is 17.8 Å². The van der Waals surface area contributed by atoms with Crippen molar-refractivity contribution in [3.05, 3.63) is 70.4 Å². The summed E-state index contributed by atoms with van der Waals surface area (Å²) in [6.07, 6.45) is -3.95. The molecule has 1 heterocycles. The Kier molecular flexibility index (Phi) is 5.70. The van der Waals surface area contributed by atoms with E-state index in [9.17, 15) is 30.8 Å². The summed E-state index contributed by atoms with van der Waals surface area (Å²) in [6, 6.07) is 4.54. The van der Waals surface area contributed by atoms with E-state index in [0.717, 1.165) is 42.6 Å². The number of nitrogens with zero attached hydrogens (tertiary/aromatic N) is 3. The van der Waals surface area contributed by atoms with Crippen LogP contribution in [0, 0.1) is 5.82 Å². The van der Waals surface area contributed by atoms with Crippen molar-refractivity contribution in [3.8, 4) is 0 Å². The molecular weight excluding hydrogens is 426 g/mol. The van der Waals surface area contributed by atoms with Crippen LogP contribution in [0.1, 0.15) is 18.5 Å². The minimum absolute atomic E-state index is 0.138. The highest BCUT2D eigenvalue weighted by atomic mass is 32.2. The molecule has 0 fully saturated rings. The summed E-state index contributed by atoms with van der Waals surface area (Å²) in [4.78, 5) is 15.2. The molecule has 1 atom stereocenters. The van der Waals surface area contributed by atoms with Crippen LogP contribution < -0.4 is 5.56 Å². The second kappa shape index (κ2) is 7.80. The molecule has 0 bridgehead atoms. The van der Waals surface area contributed by atoms with Crippen molar-refractivity contribution in [1.29, 1.82) is 0 Å². The van der Waals surface area contributed by atoms with Crippen molar-refractivity contribution >= 4 is 21.1 Å². The van der Waals surface area contributed by atoms with Gasteiger partial charge in [0.25, 0.3) is 5.56 Å². The van der Waals surface area contributed by atoms with E-state index in [0.29, 0.717) is 9.82 Å². The third kappa shape index (κ3) is 3.94. The standard InChI is InChI=1S/C19H17F4N3O3S/c1-3-26(18(19(21,22)23)12-4-6-13(20)7-5-12)30(28,29)14-8-9-16-15(10-14)24-11-17(27)25(16)2/h4-11,18H,3H2,1-2H3. The summed E-state index contributed by atoms with van der Waals surface area (Å²) in [7, 11) is -3.15. The number of fused-ring (bicyclic) bond motifs is 1. The molecule has 3 aromatic rings. The van der Waals surface area contributed by atoms with Crippen LogP contribution in [0.2, 0.25) is 0 Å². The van der Waals surface area contributed by atoms with Gasteiger partial charge in [-0.05, 0) is 35.9 Å². The van der Waals surface area contributed by atoms with Crippen molar-refractivity contribution in [2.75, 3.05) is 6.54 Å². The number of hydrogen-bond acceptors (Lipinski definition) is 4. The molecule has 0 aliphatic heterocycles. The Balaban J connectivity index is 2.15. The first-order valence-electron chi connectivity index (χ1n) is 8.76. The van der Waals surface area contributed by atoms with Gasteiger partial charge in [-0.15, -0.1) is 0 Å². The fourth-order valence-electron chi connectivity index (χ4n) is 3.17. The fourth-order valence-corrected chi connectivity index (χ4v) is 4.80. The highest BCUT2D eigenvalue weighted by molar-refractivity contribution is 7.89. The molecule has 160 valence electrons. The summed E-state index contributed by atoms with van der Waals surface area (Å²) in [5.41, 5.74) is -0.354. The molecule has 0 spiro atoms.